The maximum Gasteiger partial charge on any atom is 0.231 e. The van der Waals surface area contributed by atoms with E-state index in [1.165, 1.54) is 0 Å². The Morgan fingerprint density at radius 1 is 0.926 bits per heavy atom. The zero-order valence-electron chi connectivity index (χ0n) is 14.2. The smallest absolute Gasteiger partial charge is 0.231 e. The summed E-state index contributed by atoms with van der Waals surface area (Å²) in [6.45, 7) is 0.227. The number of hydrogen-bond donors (Lipinski definition) is 2. The van der Waals surface area contributed by atoms with Crippen LogP contribution in [-0.4, -0.2) is 21.7 Å². The largest absolute Gasteiger partial charge is 0.454 e. The fourth-order valence-electron chi connectivity index (χ4n) is 3.04. The molecule has 3 N–H and O–H groups in total. The molecule has 0 unspecified atom stereocenters. The third-order valence-electron chi connectivity index (χ3n) is 4.34. The van der Waals surface area contributed by atoms with Gasteiger partial charge in [0.2, 0.25) is 12.7 Å². The van der Waals surface area contributed by atoms with Gasteiger partial charge in [0, 0.05) is 17.1 Å². The van der Waals surface area contributed by atoms with Gasteiger partial charge in [-0.15, -0.1) is 0 Å². The Balaban J connectivity index is 1.56. The van der Waals surface area contributed by atoms with Gasteiger partial charge in [-0.3, -0.25) is 4.98 Å². The number of anilines is 3. The van der Waals surface area contributed by atoms with Crippen LogP contribution in [0, 0.1) is 0 Å². The van der Waals surface area contributed by atoms with Gasteiger partial charge in [-0.2, -0.15) is 4.98 Å². The second kappa shape index (κ2) is 6.14. The molecule has 2 aromatic carbocycles. The summed E-state index contributed by atoms with van der Waals surface area (Å²) >= 11 is 0. The number of rotatable bonds is 3. The number of nitrogens with one attached hydrogen (secondary N) is 1. The van der Waals surface area contributed by atoms with Crippen molar-refractivity contribution in [1.82, 2.24) is 15.0 Å². The number of benzene rings is 2. The SMILES string of the molecule is Nc1ncc(-c2ccc3c(c2)OCO3)c(Nc2cnc3ccccc3c2)n1. The van der Waals surface area contributed by atoms with E-state index in [9.17, 15) is 0 Å². The molecule has 0 aliphatic carbocycles. The molecule has 7 heteroatoms. The predicted molar refractivity (Wildman–Crippen MR) is 103 cm³/mol. The van der Waals surface area contributed by atoms with Crippen molar-refractivity contribution in [3.8, 4) is 22.6 Å². The molecule has 0 bridgehead atoms. The maximum atomic E-state index is 5.82. The Hall–Kier alpha value is -3.87. The molecule has 1 aliphatic rings. The van der Waals surface area contributed by atoms with Gasteiger partial charge in [-0.1, -0.05) is 24.3 Å². The summed E-state index contributed by atoms with van der Waals surface area (Å²) in [7, 11) is 0. The second-order valence-electron chi connectivity index (χ2n) is 6.10. The minimum Gasteiger partial charge on any atom is -0.454 e. The van der Waals surface area contributed by atoms with Crippen molar-refractivity contribution in [3.63, 3.8) is 0 Å². The van der Waals surface area contributed by atoms with Crippen LogP contribution in [0.15, 0.2) is 60.9 Å². The molecule has 5 rings (SSSR count). The van der Waals surface area contributed by atoms with Crippen LogP contribution in [0.3, 0.4) is 0 Å². The minimum atomic E-state index is 0.191. The summed E-state index contributed by atoms with van der Waals surface area (Å²) in [4.78, 5) is 13.0. The number of hydrogen-bond acceptors (Lipinski definition) is 7. The summed E-state index contributed by atoms with van der Waals surface area (Å²) in [5.74, 6) is 2.21. The zero-order chi connectivity index (χ0) is 18.2. The third kappa shape index (κ3) is 2.85. The van der Waals surface area contributed by atoms with Gasteiger partial charge in [-0.05, 0) is 29.8 Å². The standard InChI is InChI=1S/C20H15N5O2/c21-20-23-10-15(12-5-6-17-18(8-12)27-11-26-17)19(25-20)24-14-7-13-3-1-2-4-16(13)22-9-14/h1-10H,11H2,(H3,21,23,24,25). The molecule has 0 atom stereocenters. The Bertz CT molecular complexity index is 1160. The van der Waals surface area contributed by atoms with Crippen LogP contribution < -0.4 is 20.5 Å². The van der Waals surface area contributed by atoms with E-state index in [-0.39, 0.29) is 12.7 Å². The number of nitrogens with two attached hydrogens (primary N) is 1. The molecular formula is C20H15N5O2. The second-order valence-corrected chi connectivity index (χ2v) is 6.10. The number of nitrogen functional groups attached to an aromatic ring is 1. The van der Waals surface area contributed by atoms with Crippen molar-refractivity contribution in [2.45, 2.75) is 0 Å². The molecule has 27 heavy (non-hydrogen) atoms. The number of fused-ring (bicyclic) bond motifs is 2. The highest BCUT2D eigenvalue weighted by atomic mass is 16.7. The Morgan fingerprint density at radius 2 is 1.81 bits per heavy atom. The van der Waals surface area contributed by atoms with Crippen molar-refractivity contribution in [3.05, 3.63) is 60.9 Å². The van der Waals surface area contributed by atoms with Crippen molar-refractivity contribution in [1.29, 1.82) is 0 Å². The van der Waals surface area contributed by atoms with Crippen LogP contribution >= 0.6 is 0 Å². The number of nitrogens with zero attached hydrogens (tertiary/aromatic N) is 3. The molecule has 2 aromatic heterocycles. The monoisotopic (exact) mass is 357 g/mol. The van der Waals surface area contributed by atoms with Gasteiger partial charge in [-0.25, -0.2) is 4.98 Å². The first-order chi connectivity index (χ1) is 13.3. The highest BCUT2D eigenvalue weighted by molar-refractivity contribution is 5.84. The van der Waals surface area contributed by atoms with E-state index in [0.29, 0.717) is 11.6 Å². The highest BCUT2D eigenvalue weighted by Crippen LogP contribution is 2.38. The van der Waals surface area contributed by atoms with Crippen molar-refractivity contribution in [2.75, 3.05) is 17.8 Å². The number of para-hydroxylation sites is 1. The van der Waals surface area contributed by atoms with Gasteiger partial charge in [0.05, 0.1) is 17.4 Å². The molecule has 0 radical (unpaired) electrons. The Labute approximate surface area is 154 Å². The fourth-order valence-corrected chi connectivity index (χ4v) is 3.04. The lowest BCUT2D eigenvalue weighted by molar-refractivity contribution is 0.174. The molecule has 0 saturated heterocycles. The fraction of sp³-hybridized carbons (Fsp3) is 0.0500. The molecular weight excluding hydrogens is 342 g/mol. The minimum absolute atomic E-state index is 0.191. The highest BCUT2D eigenvalue weighted by Gasteiger charge is 2.16. The lowest BCUT2D eigenvalue weighted by Gasteiger charge is -2.12. The predicted octanol–water partition coefficient (Wildman–Crippen LogP) is 3.75. The number of ether oxygens (including phenoxy) is 2. The van der Waals surface area contributed by atoms with Crippen LogP contribution in [0.2, 0.25) is 0 Å². The molecule has 7 nitrogen and oxygen atoms in total. The molecule has 0 fully saturated rings. The van der Waals surface area contributed by atoms with Crippen LogP contribution in [0.4, 0.5) is 17.5 Å². The average Bonchev–Trinajstić information content (AvgIpc) is 3.16. The zero-order valence-corrected chi connectivity index (χ0v) is 14.2. The Morgan fingerprint density at radius 3 is 2.78 bits per heavy atom. The molecule has 0 saturated carbocycles. The lowest BCUT2D eigenvalue weighted by atomic mass is 10.1. The van der Waals surface area contributed by atoms with Crippen LogP contribution in [0.5, 0.6) is 11.5 Å². The van der Waals surface area contributed by atoms with E-state index in [1.54, 1.807) is 12.4 Å². The average molecular weight is 357 g/mol. The van der Waals surface area contributed by atoms with E-state index >= 15 is 0 Å². The first kappa shape index (κ1) is 15.4. The maximum absolute atomic E-state index is 5.82. The number of aromatic nitrogens is 3. The molecule has 0 spiro atoms. The van der Waals surface area contributed by atoms with Crippen molar-refractivity contribution in [2.24, 2.45) is 0 Å². The molecule has 3 heterocycles. The van der Waals surface area contributed by atoms with Gasteiger partial charge in [0.15, 0.2) is 11.5 Å². The van der Waals surface area contributed by atoms with E-state index in [4.69, 9.17) is 15.2 Å². The number of pyridine rings is 1. The van der Waals surface area contributed by atoms with Crippen LogP contribution in [0.25, 0.3) is 22.0 Å². The molecule has 0 amide bonds. The topological polar surface area (TPSA) is 95.2 Å². The summed E-state index contributed by atoms with van der Waals surface area (Å²) < 4.78 is 10.9. The summed E-state index contributed by atoms with van der Waals surface area (Å²) in [6, 6.07) is 15.7. The van der Waals surface area contributed by atoms with E-state index in [1.807, 2.05) is 48.5 Å². The van der Waals surface area contributed by atoms with E-state index in [0.717, 1.165) is 33.5 Å². The van der Waals surface area contributed by atoms with Crippen molar-refractivity contribution >= 4 is 28.4 Å². The molecule has 132 valence electrons. The van der Waals surface area contributed by atoms with Gasteiger partial charge in [0.25, 0.3) is 0 Å². The van der Waals surface area contributed by atoms with E-state index in [2.05, 4.69) is 20.3 Å². The van der Waals surface area contributed by atoms with Gasteiger partial charge >= 0.3 is 0 Å². The lowest BCUT2D eigenvalue weighted by Crippen LogP contribution is -2.02. The van der Waals surface area contributed by atoms with Crippen molar-refractivity contribution < 1.29 is 9.47 Å². The summed E-state index contributed by atoms with van der Waals surface area (Å²) in [6.07, 6.45) is 3.46. The first-order valence-electron chi connectivity index (χ1n) is 8.41. The van der Waals surface area contributed by atoms with E-state index < -0.39 is 0 Å². The summed E-state index contributed by atoms with van der Waals surface area (Å²) in [5.41, 5.74) is 9.26. The van der Waals surface area contributed by atoms with Gasteiger partial charge in [0.1, 0.15) is 5.82 Å². The first-order valence-corrected chi connectivity index (χ1v) is 8.41. The Kier molecular flexibility index (Phi) is 3.50. The van der Waals surface area contributed by atoms with Gasteiger partial charge < -0.3 is 20.5 Å². The van der Waals surface area contributed by atoms with Crippen LogP contribution in [-0.2, 0) is 0 Å². The quantitative estimate of drug-likeness (QED) is 0.576. The van der Waals surface area contributed by atoms with Crippen LogP contribution in [0.1, 0.15) is 0 Å². The molecule has 4 aromatic rings. The molecule has 1 aliphatic heterocycles. The summed E-state index contributed by atoms with van der Waals surface area (Å²) in [5, 5.41) is 4.34. The normalized spacial score (nSPS) is 12.3. The third-order valence-corrected chi connectivity index (χ3v) is 4.34.